The zero-order valence-corrected chi connectivity index (χ0v) is 11.0. The smallest absolute Gasteiger partial charge is 0.112 e. The van der Waals surface area contributed by atoms with Crippen molar-refractivity contribution in [3.63, 3.8) is 0 Å². The highest BCUT2D eigenvalue weighted by Crippen LogP contribution is 2.32. The zero-order chi connectivity index (χ0) is 11.8. The summed E-state index contributed by atoms with van der Waals surface area (Å²) in [5.41, 5.74) is -0.617. The van der Waals surface area contributed by atoms with Crippen LogP contribution in [0.4, 0.5) is 0 Å². The van der Waals surface area contributed by atoms with E-state index in [1.165, 1.54) is 4.88 Å². The summed E-state index contributed by atoms with van der Waals surface area (Å²) in [6.07, 6.45) is 4.90. The van der Waals surface area contributed by atoms with E-state index < -0.39 is 5.60 Å². The van der Waals surface area contributed by atoms with Crippen molar-refractivity contribution in [3.8, 4) is 0 Å². The Kier molecular flexibility index (Phi) is 3.07. The van der Waals surface area contributed by atoms with E-state index in [2.05, 4.69) is 31.1 Å². The summed E-state index contributed by atoms with van der Waals surface area (Å²) >= 11 is 1.72. The zero-order valence-electron chi connectivity index (χ0n) is 10.2. The molecule has 1 heterocycles. The summed E-state index contributed by atoms with van der Waals surface area (Å²) in [4.78, 5) is 5.64. The van der Waals surface area contributed by atoms with E-state index in [1.807, 2.05) is 6.20 Å². The average Bonchev–Trinajstić information content (AvgIpc) is 2.60. The topological polar surface area (TPSA) is 45.2 Å². The molecule has 0 atom stereocenters. The van der Waals surface area contributed by atoms with Gasteiger partial charge in [-0.2, -0.15) is 0 Å². The maximum Gasteiger partial charge on any atom is 0.112 e. The lowest BCUT2D eigenvalue weighted by Gasteiger charge is -2.39. The van der Waals surface area contributed by atoms with Crippen molar-refractivity contribution in [2.24, 2.45) is 0 Å². The normalized spacial score (nSPS) is 19.5. The van der Waals surface area contributed by atoms with Crippen LogP contribution in [-0.2, 0) is 5.54 Å². The molecule has 1 aliphatic rings. The largest absolute Gasteiger partial charge is 0.389 e. The van der Waals surface area contributed by atoms with Crippen LogP contribution in [0.25, 0.3) is 0 Å². The Bertz CT molecular complexity index is 369. The fourth-order valence-electron chi connectivity index (χ4n) is 1.87. The molecule has 1 aromatic rings. The highest BCUT2D eigenvalue weighted by atomic mass is 32.1. The Balaban J connectivity index is 1.97. The number of aliphatic hydroxyl groups is 1. The molecule has 2 rings (SSSR count). The minimum absolute atomic E-state index is 0.149. The van der Waals surface area contributed by atoms with Gasteiger partial charge >= 0.3 is 0 Å². The molecule has 0 unspecified atom stereocenters. The van der Waals surface area contributed by atoms with Gasteiger partial charge in [0.2, 0.25) is 0 Å². The monoisotopic (exact) mass is 240 g/mol. The van der Waals surface area contributed by atoms with Gasteiger partial charge in [-0.15, -0.1) is 11.3 Å². The molecule has 1 aliphatic carbocycles. The van der Waals surface area contributed by atoms with Gasteiger partial charge in [0.1, 0.15) is 5.01 Å². The molecule has 16 heavy (non-hydrogen) atoms. The molecule has 1 fully saturated rings. The quantitative estimate of drug-likeness (QED) is 0.848. The predicted molar refractivity (Wildman–Crippen MR) is 66.7 cm³/mol. The van der Waals surface area contributed by atoms with Crippen LogP contribution in [-0.4, -0.2) is 22.2 Å². The Morgan fingerprint density at radius 3 is 2.69 bits per heavy atom. The predicted octanol–water partition coefficient (Wildman–Crippen LogP) is 2.19. The Labute approximate surface area is 101 Å². The first-order valence-electron chi connectivity index (χ1n) is 5.82. The summed E-state index contributed by atoms with van der Waals surface area (Å²) in [5.74, 6) is 0. The van der Waals surface area contributed by atoms with Gasteiger partial charge in [-0.25, -0.2) is 4.98 Å². The van der Waals surface area contributed by atoms with E-state index in [-0.39, 0.29) is 5.54 Å². The van der Waals surface area contributed by atoms with Gasteiger partial charge in [-0.3, -0.25) is 0 Å². The van der Waals surface area contributed by atoms with Crippen LogP contribution in [0.2, 0.25) is 0 Å². The Hall–Kier alpha value is -0.450. The number of aromatic nitrogens is 1. The van der Waals surface area contributed by atoms with Crippen molar-refractivity contribution in [2.45, 2.75) is 51.2 Å². The molecule has 90 valence electrons. The van der Waals surface area contributed by atoms with E-state index in [1.54, 1.807) is 11.3 Å². The summed E-state index contributed by atoms with van der Waals surface area (Å²) in [6, 6.07) is 0. The average molecular weight is 240 g/mol. The minimum Gasteiger partial charge on any atom is -0.389 e. The van der Waals surface area contributed by atoms with Gasteiger partial charge in [0.05, 0.1) is 11.1 Å². The highest BCUT2D eigenvalue weighted by Gasteiger charge is 2.36. The van der Waals surface area contributed by atoms with Crippen LogP contribution >= 0.6 is 11.3 Å². The molecule has 0 radical (unpaired) electrons. The molecule has 0 saturated heterocycles. The van der Waals surface area contributed by atoms with E-state index in [4.69, 9.17) is 0 Å². The molecule has 3 nitrogen and oxygen atoms in total. The lowest BCUT2D eigenvalue weighted by atomic mass is 9.80. The first kappa shape index (κ1) is 12.0. The summed E-state index contributed by atoms with van der Waals surface area (Å²) < 4.78 is 0. The molecule has 0 aliphatic heterocycles. The van der Waals surface area contributed by atoms with Crippen LogP contribution in [0.15, 0.2) is 6.20 Å². The van der Waals surface area contributed by atoms with Crippen LogP contribution in [0.3, 0.4) is 0 Å². The summed E-state index contributed by atoms with van der Waals surface area (Å²) in [7, 11) is 0. The van der Waals surface area contributed by atoms with Crippen LogP contribution in [0.1, 0.15) is 43.0 Å². The third-order valence-corrected chi connectivity index (χ3v) is 4.54. The maximum atomic E-state index is 10.0. The molecular weight excluding hydrogens is 220 g/mol. The highest BCUT2D eigenvalue weighted by molar-refractivity contribution is 7.11. The van der Waals surface area contributed by atoms with Gasteiger partial charge in [0, 0.05) is 17.6 Å². The number of hydrogen-bond donors (Lipinski definition) is 2. The summed E-state index contributed by atoms with van der Waals surface area (Å²) in [5, 5.41) is 14.6. The van der Waals surface area contributed by atoms with Gasteiger partial charge in [-0.1, -0.05) is 0 Å². The maximum absolute atomic E-state index is 10.0. The van der Waals surface area contributed by atoms with Crippen molar-refractivity contribution < 1.29 is 5.11 Å². The molecule has 4 heteroatoms. The van der Waals surface area contributed by atoms with Crippen molar-refractivity contribution in [1.82, 2.24) is 10.3 Å². The van der Waals surface area contributed by atoms with E-state index in [0.29, 0.717) is 6.54 Å². The number of nitrogens with zero attached hydrogens (tertiary/aromatic N) is 1. The van der Waals surface area contributed by atoms with Crippen molar-refractivity contribution in [2.75, 3.05) is 6.54 Å². The molecule has 0 bridgehead atoms. The molecular formula is C12H20N2OS. The van der Waals surface area contributed by atoms with Gasteiger partial charge in [-0.05, 0) is 40.0 Å². The number of thiazole rings is 1. The first-order chi connectivity index (χ1) is 7.41. The van der Waals surface area contributed by atoms with Crippen LogP contribution < -0.4 is 5.32 Å². The third-order valence-electron chi connectivity index (χ3n) is 3.30. The molecule has 2 N–H and O–H groups in total. The second-order valence-corrected chi connectivity index (χ2v) is 6.57. The van der Waals surface area contributed by atoms with E-state index in [0.717, 1.165) is 24.3 Å². The van der Waals surface area contributed by atoms with Crippen LogP contribution in [0, 0.1) is 6.92 Å². The standard InChI is InChI=1S/C12H20N2OS/c1-9-7-13-10(16-9)11(2,3)14-8-12(15)5-4-6-12/h7,14-15H,4-6,8H2,1-3H3. The van der Waals surface area contributed by atoms with Crippen molar-refractivity contribution >= 4 is 11.3 Å². The van der Waals surface area contributed by atoms with Gasteiger partial charge in [0.15, 0.2) is 0 Å². The van der Waals surface area contributed by atoms with E-state index in [9.17, 15) is 5.11 Å². The first-order valence-corrected chi connectivity index (χ1v) is 6.63. The lowest BCUT2D eigenvalue weighted by Crippen LogP contribution is -2.51. The Morgan fingerprint density at radius 2 is 2.25 bits per heavy atom. The van der Waals surface area contributed by atoms with Gasteiger partial charge < -0.3 is 10.4 Å². The SMILES string of the molecule is Cc1cnc(C(C)(C)NCC2(O)CCC2)s1. The Morgan fingerprint density at radius 1 is 1.56 bits per heavy atom. The van der Waals surface area contributed by atoms with E-state index >= 15 is 0 Å². The number of hydrogen-bond acceptors (Lipinski definition) is 4. The molecule has 1 aromatic heterocycles. The summed E-state index contributed by atoms with van der Waals surface area (Å²) in [6.45, 7) is 6.97. The van der Waals surface area contributed by atoms with Crippen LogP contribution in [0.5, 0.6) is 0 Å². The number of aryl methyl sites for hydroxylation is 1. The second kappa shape index (κ2) is 4.09. The van der Waals surface area contributed by atoms with Crippen molar-refractivity contribution in [1.29, 1.82) is 0 Å². The molecule has 1 saturated carbocycles. The molecule has 0 amide bonds. The second-order valence-electron chi connectivity index (χ2n) is 5.33. The van der Waals surface area contributed by atoms with Crippen molar-refractivity contribution in [3.05, 3.63) is 16.1 Å². The van der Waals surface area contributed by atoms with Gasteiger partial charge in [0.25, 0.3) is 0 Å². The molecule has 0 spiro atoms. The third kappa shape index (κ3) is 2.44. The fourth-order valence-corrected chi connectivity index (χ4v) is 2.71. The number of nitrogens with one attached hydrogen (secondary N) is 1. The lowest BCUT2D eigenvalue weighted by molar-refractivity contribution is -0.0362. The fraction of sp³-hybridized carbons (Fsp3) is 0.750. The molecule has 0 aromatic carbocycles. The minimum atomic E-state index is -0.469. The number of rotatable bonds is 4.